The van der Waals surface area contributed by atoms with Crippen molar-refractivity contribution >= 4 is 23.4 Å². The highest BCUT2D eigenvalue weighted by Crippen LogP contribution is 2.24. The SMILES string of the molecule is CC(CCc1ccccc1)Nc1nccc(C(=O)O)c1Cl. The highest BCUT2D eigenvalue weighted by atomic mass is 35.5. The second-order valence-corrected chi connectivity index (χ2v) is 5.27. The first-order chi connectivity index (χ1) is 10.1. The van der Waals surface area contributed by atoms with E-state index in [-0.39, 0.29) is 16.6 Å². The van der Waals surface area contributed by atoms with Crippen molar-refractivity contribution in [3.8, 4) is 0 Å². The van der Waals surface area contributed by atoms with Gasteiger partial charge in [0.1, 0.15) is 5.82 Å². The first-order valence-electron chi connectivity index (χ1n) is 6.76. The normalized spacial score (nSPS) is 11.9. The van der Waals surface area contributed by atoms with Gasteiger partial charge in [-0.15, -0.1) is 0 Å². The highest BCUT2D eigenvalue weighted by Gasteiger charge is 2.14. The van der Waals surface area contributed by atoms with Crippen molar-refractivity contribution in [3.05, 3.63) is 58.7 Å². The number of aromatic carboxylic acids is 1. The van der Waals surface area contributed by atoms with E-state index in [0.29, 0.717) is 5.82 Å². The molecule has 1 heterocycles. The molecule has 0 aliphatic heterocycles. The van der Waals surface area contributed by atoms with Crippen molar-refractivity contribution in [1.82, 2.24) is 4.98 Å². The van der Waals surface area contributed by atoms with Crippen LogP contribution in [0.4, 0.5) is 5.82 Å². The Kier molecular flexibility index (Phi) is 5.17. The third-order valence-corrected chi connectivity index (χ3v) is 3.59. The van der Waals surface area contributed by atoms with Crippen LogP contribution in [-0.4, -0.2) is 22.1 Å². The molecule has 21 heavy (non-hydrogen) atoms. The molecule has 0 saturated carbocycles. The van der Waals surface area contributed by atoms with Crippen LogP contribution in [0.1, 0.15) is 29.3 Å². The zero-order valence-electron chi connectivity index (χ0n) is 11.7. The first kappa shape index (κ1) is 15.3. The maximum Gasteiger partial charge on any atom is 0.337 e. The fourth-order valence-corrected chi connectivity index (χ4v) is 2.29. The summed E-state index contributed by atoms with van der Waals surface area (Å²) in [5.74, 6) is -0.639. The number of aryl methyl sites for hydroxylation is 1. The Balaban J connectivity index is 1.98. The lowest BCUT2D eigenvalue weighted by molar-refractivity contribution is 0.0697. The van der Waals surface area contributed by atoms with Gasteiger partial charge in [0.05, 0.1) is 10.6 Å². The molecular formula is C16H17ClN2O2. The van der Waals surface area contributed by atoms with Crippen molar-refractivity contribution < 1.29 is 9.90 Å². The lowest BCUT2D eigenvalue weighted by atomic mass is 10.1. The van der Waals surface area contributed by atoms with Crippen LogP contribution in [0.3, 0.4) is 0 Å². The van der Waals surface area contributed by atoms with Gasteiger partial charge in [-0.3, -0.25) is 0 Å². The molecule has 0 aliphatic carbocycles. The Hall–Kier alpha value is -2.07. The van der Waals surface area contributed by atoms with E-state index in [1.54, 1.807) is 0 Å². The number of hydrogen-bond donors (Lipinski definition) is 2. The van der Waals surface area contributed by atoms with Crippen LogP contribution in [0.25, 0.3) is 0 Å². The number of halogens is 1. The van der Waals surface area contributed by atoms with E-state index in [1.807, 2.05) is 25.1 Å². The second-order valence-electron chi connectivity index (χ2n) is 4.90. The molecule has 1 aromatic carbocycles. The van der Waals surface area contributed by atoms with Crippen LogP contribution in [-0.2, 0) is 6.42 Å². The Labute approximate surface area is 128 Å². The van der Waals surface area contributed by atoms with Crippen molar-refractivity contribution in [2.45, 2.75) is 25.8 Å². The van der Waals surface area contributed by atoms with Gasteiger partial charge in [-0.25, -0.2) is 9.78 Å². The van der Waals surface area contributed by atoms with Crippen LogP contribution in [0, 0.1) is 0 Å². The fourth-order valence-electron chi connectivity index (χ4n) is 2.04. The van der Waals surface area contributed by atoms with E-state index >= 15 is 0 Å². The van der Waals surface area contributed by atoms with Crippen molar-refractivity contribution in [2.75, 3.05) is 5.32 Å². The summed E-state index contributed by atoms with van der Waals surface area (Å²) in [5, 5.41) is 12.4. The molecule has 5 heteroatoms. The molecule has 2 aromatic rings. The molecular weight excluding hydrogens is 288 g/mol. The molecule has 0 aliphatic rings. The van der Waals surface area contributed by atoms with Crippen molar-refractivity contribution in [2.24, 2.45) is 0 Å². The molecule has 0 bridgehead atoms. The molecule has 2 N–H and O–H groups in total. The van der Waals surface area contributed by atoms with Gasteiger partial charge < -0.3 is 10.4 Å². The molecule has 2 rings (SSSR count). The number of carboxylic acids is 1. The number of rotatable bonds is 6. The fraction of sp³-hybridized carbons (Fsp3) is 0.250. The van der Waals surface area contributed by atoms with Crippen LogP contribution >= 0.6 is 11.6 Å². The van der Waals surface area contributed by atoms with Gasteiger partial charge in [0.2, 0.25) is 0 Å². The second kappa shape index (κ2) is 7.09. The monoisotopic (exact) mass is 304 g/mol. The lowest BCUT2D eigenvalue weighted by Gasteiger charge is -2.16. The van der Waals surface area contributed by atoms with E-state index in [2.05, 4.69) is 22.4 Å². The summed E-state index contributed by atoms with van der Waals surface area (Å²) >= 11 is 6.06. The van der Waals surface area contributed by atoms with E-state index in [4.69, 9.17) is 16.7 Å². The molecule has 0 radical (unpaired) electrons. The zero-order chi connectivity index (χ0) is 15.2. The smallest absolute Gasteiger partial charge is 0.337 e. The van der Waals surface area contributed by atoms with Crippen molar-refractivity contribution in [1.29, 1.82) is 0 Å². The number of anilines is 1. The zero-order valence-corrected chi connectivity index (χ0v) is 12.5. The summed E-state index contributed by atoms with van der Waals surface area (Å²) in [6, 6.07) is 11.7. The predicted octanol–water partition coefficient (Wildman–Crippen LogP) is 3.87. The number of hydrogen-bond acceptors (Lipinski definition) is 3. The highest BCUT2D eigenvalue weighted by molar-refractivity contribution is 6.35. The summed E-state index contributed by atoms with van der Waals surface area (Å²) < 4.78 is 0. The molecule has 0 saturated heterocycles. The minimum Gasteiger partial charge on any atom is -0.478 e. The molecule has 1 unspecified atom stereocenters. The van der Waals surface area contributed by atoms with E-state index in [9.17, 15) is 4.79 Å². The third-order valence-electron chi connectivity index (χ3n) is 3.21. The Morgan fingerprint density at radius 1 is 1.33 bits per heavy atom. The maximum absolute atomic E-state index is 11.0. The Morgan fingerprint density at radius 3 is 2.71 bits per heavy atom. The molecule has 0 amide bonds. The number of nitrogens with one attached hydrogen (secondary N) is 1. The minimum atomic E-state index is -1.05. The largest absolute Gasteiger partial charge is 0.478 e. The van der Waals surface area contributed by atoms with Gasteiger partial charge >= 0.3 is 5.97 Å². The molecule has 4 nitrogen and oxygen atoms in total. The average molecular weight is 305 g/mol. The predicted molar refractivity (Wildman–Crippen MR) is 84.1 cm³/mol. The number of carbonyl (C=O) groups is 1. The Bertz CT molecular complexity index is 617. The van der Waals surface area contributed by atoms with Gasteiger partial charge in [-0.2, -0.15) is 0 Å². The summed E-state index contributed by atoms with van der Waals surface area (Å²) in [7, 11) is 0. The average Bonchev–Trinajstić information content (AvgIpc) is 2.48. The van der Waals surface area contributed by atoms with Gasteiger partial charge in [-0.1, -0.05) is 41.9 Å². The molecule has 1 atom stereocenters. The van der Waals surface area contributed by atoms with Gasteiger partial charge in [0.15, 0.2) is 0 Å². The van der Waals surface area contributed by atoms with Crippen LogP contribution < -0.4 is 5.32 Å². The number of carboxylic acid groups (broad SMARTS) is 1. The summed E-state index contributed by atoms with van der Waals surface area (Å²) in [6.45, 7) is 2.02. The van der Waals surface area contributed by atoms with Gasteiger partial charge in [0, 0.05) is 12.2 Å². The molecule has 0 fully saturated rings. The number of aromatic nitrogens is 1. The first-order valence-corrected chi connectivity index (χ1v) is 7.14. The maximum atomic E-state index is 11.0. The lowest BCUT2D eigenvalue weighted by Crippen LogP contribution is -2.18. The molecule has 0 spiro atoms. The van der Waals surface area contributed by atoms with E-state index in [1.165, 1.54) is 17.8 Å². The summed E-state index contributed by atoms with van der Waals surface area (Å²) in [4.78, 5) is 15.1. The third kappa shape index (κ3) is 4.20. The van der Waals surface area contributed by atoms with Crippen molar-refractivity contribution in [3.63, 3.8) is 0 Å². The molecule has 1 aromatic heterocycles. The number of nitrogens with zero attached hydrogens (tertiary/aromatic N) is 1. The summed E-state index contributed by atoms with van der Waals surface area (Å²) in [5.41, 5.74) is 1.33. The van der Waals surface area contributed by atoms with Gasteiger partial charge in [0.25, 0.3) is 0 Å². The van der Waals surface area contributed by atoms with Gasteiger partial charge in [-0.05, 0) is 31.4 Å². The van der Waals surface area contributed by atoms with Crippen LogP contribution in [0.2, 0.25) is 5.02 Å². The Morgan fingerprint density at radius 2 is 2.05 bits per heavy atom. The van der Waals surface area contributed by atoms with E-state index < -0.39 is 5.97 Å². The van der Waals surface area contributed by atoms with Crippen LogP contribution in [0.15, 0.2) is 42.6 Å². The van der Waals surface area contributed by atoms with E-state index in [0.717, 1.165) is 12.8 Å². The summed E-state index contributed by atoms with van der Waals surface area (Å²) in [6.07, 6.45) is 3.28. The topological polar surface area (TPSA) is 62.2 Å². The molecule has 110 valence electrons. The number of benzene rings is 1. The minimum absolute atomic E-state index is 0.0597. The quantitative estimate of drug-likeness (QED) is 0.850. The standard InChI is InChI=1S/C16H17ClN2O2/c1-11(7-8-12-5-3-2-4-6-12)19-15-14(17)13(16(20)21)9-10-18-15/h2-6,9-11H,7-8H2,1H3,(H,18,19)(H,20,21). The number of pyridine rings is 1. The van der Waals surface area contributed by atoms with Crippen LogP contribution in [0.5, 0.6) is 0 Å².